The first-order chi connectivity index (χ1) is 7.29. The van der Waals surface area contributed by atoms with Crippen molar-refractivity contribution in [2.24, 2.45) is 0 Å². The predicted octanol–water partition coefficient (Wildman–Crippen LogP) is -2.82. The van der Waals surface area contributed by atoms with Gasteiger partial charge in [0.05, 0.1) is 13.0 Å². The van der Waals surface area contributed by atoms with Gasteiger partial charge in [0.2, 0.25) is 0 Å². The molecule has 0 saturated carbocycles. The molecule has 1 atom stereocenters. The maximum absolute atomic E-state index is 11.2. The fourth-order valence-electron chi connectivity index (χ4n) is 0.879. The summed E-state index contributed by atoms with van der Waals surface area (Å²) in [6.07, 6.45) is 0.267. The molecule has 2 N–H and O–H groups in total. The molecule has 0 saturated heterocycles. The summed E-state index contributed by atoms with van der Waals surface area (Å²) in [5.74, 6) is -2.74. The van der Waals surface area contributed by atoms with E-state index in [1.54, 1.807) is 0 Å². The van der Waals surface area contributed by atoms with Gasteiger partial charge in [-0.1, -0.05) is 13.3 Å². The molecule has 0 aliphatic heterocycles. The quantitative estimate of drug-likeness (QED) is 0.225. The monoisotopic (exact) mass is 294 g/mol. The van der Waals surface area contributed by atoms with Gasteiger partial charge in [0.25, 0.3) is 10.1 Å². The maximum Gasteiger partial charge on any atom is 1.00 e. The Morgan fingerprint density at radius 3 is 2.29 bits per heavy atom. The molecule has 0 bridgehead atoms. The van der Waals surface area contributed by atoms with Crippen molar-refractivity contribution in [2.75, 3.05) is 6.61 Å². The Labute approximate surface area is 144 Å². The van der Waals surface area contributed by atoms with Crippen molar-refractivity contribution in [3.8, 4) is 0 Å². The van der Waals surface area contributed by atoms with Crippen molar-refractivity contribution in [2.45, 2.75) is 31.4 Å². The molecular formula is C8H15KO7S. The van der Waals surface area contributed by atoms with Gasteiger partial charge in [0.15, 0.2) is 5.25 Å². The summed E-state index contributed by atoms with van der Waals surface area (Å²) in [7, 11) is -4.75. The van der Waals surface area contributed by atoms with Gasteiger partial charge in [-0.05, 0) is 6.42 Å². The van der Waals surface area contributed by atoms with E-state index in [2.05, 4.69) is 4.74 Å². The SMILES string of the molecule is CCCCOC(=O)C(CC(=O)O)S(=O)(=O)O.[H-].[K+]. The second-order valence-electron chi connectivity index (χ2n) is 3.12. The summed E-state index contributed by atoms with van der Waals surface area (Å²) in [4.78, 5) is 21.5. The number of esters is 1. The summed E-state index contributed by atoms with van der Waals surface area (Å²) < 4.78 is 34.7. The molecule has 0 aromatic carbocycles. The van der Waals surface area contributed by atoms with Crippen LogP contribution in [0.2, 0.25) is 0 Å². The number of hydrogen-bond acceptors (Lipinski definition) is 5. The van der Waals surface area contributed by atoms with Gasteiger partial charge < -0.3 is 11.3 Å². The van der Waals surface area contributed by atoms with Crippen molar-refractivity contribution in [1.29, 1.82) is 0 Å². The van der Waals surface area contributed by atoms with Crippen molar-refractivity contribution >= 4 is 22.1 Å². The Balaban J connectivity index is -0.00000112. The number of carboxylic acid groups (broad SMARTS) is 1. The van der Waals surface area contributed by atoms with Gasteiger partial charge in [-0.15, -0.1) is 0 Å². The molecule has 0 aliphatic rings. The molecule has 0 amide bonds. The van der Waals surface area contributed by atoms with Gasteiger partial charge in [0.1, 0.15) is 0 Å². The number of carbonyl (C=O) groups excluding carboxylic acids is 1. The van der Waals surface area contributed by atoms with Crippen LogP contribution in [0.15, 0.2) is 0 Å². The first-order valence-electron chi connectivity index (χ1n) is 4.63. The molecule has 96 valence electrons. The fourth-order valence-corrected chi connectivity index (χ4v) is 1.54. The molecule has 17 heavy (non-hydrogen) atoms. The number of carboxylic acids is 1. The van der Waals surface area contributed by atoms with E-state index in [4.69, 9.17) is 9.66 Å². The summed E-state index contributed by atoms with van der Waals surface area (Å²) in [5, 5.41) is 6.33. The second-order valence-corrected chi connectivity index (χ2v) is 4.72. The van der Waals surface area contributed by atoms with Gasteiger partial charge in [-0.25, -0.2) is 0 Å². The summed E-state index contributed by atoms with van der Waals surface area (Å²) >= 11 is 0. The van der Waals surface area contributed by atoms with E-state index in [1.165, 1.54) is 0 Å². The average molecular weight is 294 g/mol. The number of ether oxygens (including phenoxy) is 1. The zero-order valence-electron chi connectivity index (χ0n) is 10.7. The predicted molar refractivity (Wildman–Crippen MR) is 54.6 cm³/mol. The van der Waals surface area contributed by atoms with Crippen molar-refractivity contribution in [3.05, 3.63) is 0 Å². The molecule has 0 fully saturated rings. The summed E-state index contributed by atoms with van der Waals surface area (Å²) in [6, 6.07) is 0. The minimum atomic E-state index is -4.75. The molecule has 0 heterocycles. The molecule has 0 aliphatic carbocycles. The largest absolute Gasteiger partial charge is 1.00 e. The van der Waals surface area contributed by atoms with Crippen LogP contribution in [0, 0.1) is 0 Å². The first kappa shape index (κ1) is 19.8. The van der Waals surface area contributed by atoms with E-state index in [9.17, 15) is 18.0 Å². The third-order valence-electron chi connectivity index (χ3n) is 1.72. The molecule has 0 radical (unpaired) electrons. The zero-order valence-corrected chi connectivity index (χ0v) is 13.7. The van der Waals surface area contributed by atoms with Crippen molar-refractivity contribution < 1.29 is 85.2 Å². The standard InChI is InChI=1S/C8H14O7S.K.H/c1-2-3-4-15-8(11)6(5-7(9)10)16(12,13)14;;/h6H,2-5H2,1H3,(H,9,10)(H,12,13,14);;/q;+1;-1. The van der Waals surface area contributed by atoms with Crippen molar-refractivity contribution in [3.63, 3.8) is 0 Å². The van der Waals surface area contributed by atoms with Crippen molar-refractivity contribution in [1.82, 2.24) is 0 Å². The van der Waals surface area contributed by atoms with Crippen LogP contribution in [0.25, 0.3) is 0 Å². The minimum absolute atomic E-state index is 0. The van der Waals surface area contributed by atoms with E-state index >= 15 is 0 Å². The zero-order chi connectivity index (χ0) is 12.8. The second kappa shape index (κ2) is 9.42. The fraction of sp³-hybridized carbons (Fsp3) is 0.750. The van der Waals surface area contributed by atoms with Gasteiger partial charge >= 0.3 is 63.3 Å². The van der Waals surface area contributed by atoms with E-state index in [1.807, 2.05) is 6.92 Å². The van der Waals surface area contributed by atoms with Crippen LogP contribution in [0.1, 0.15) is 27.6 Å². The van der Waals surface area contributed by atoms with Crippen LogP contribution in [0.5, 0.6) is 0 Å². The number of hydrogen-bond donors (Lipinski definition) is 2. The van der Waals surface area contributed by atoms with E-state index in [0.717, 1.165) is 6.42 Å². The maximum atomic E-state index is 11.2. The van der Waals surface area contributed by atoms with Crippen LogP contribution in [-0.2, 0) is 24.4 Å². The average Bonchev–Trinajstić information content (AvgIpc) is 2.12. The van der Waals surface area contributed by atoms with Gasteiger partial charge in [-0.2, -0.15) is 8.42 Å². The normalized spacial score (nSPS) is 12.4. The van der Waals surface area contributed by atoms with E-state index in [-0.39, 0.29) is 59.4 Å². The van der Waals surface area contributed by atoms with E-state index in [0.29, 0.717) is 6.42 Å². The molecule has 0 aromatic rings. The third-order valence-corrected chi connectivity index (χ3v) is 2.80. The molecule has 0 spiro atoms. The molecule has 1 unspecified atom stereocenters. The Bertz CT molecular complexity index is 356. The number of aliphatic carboxylic acids is 1. The Hall–Kier alpha value is 0.486. The molecule has 0 rings (SSSR count). The Morgan fingerprint density at radius 2 is 1.94 bits per heavy atom. The van der Waals surface area contributed by atoms with Crippen LogP contribution in [0.3, 0.4) is 0 Å². The van der Waals surface area contributed by atoms with Crippen LogP contribution in [0.4, 0.5) is 0 Å². The Morgan fingerprint density at radius 1 is 1.41 bits per heavy atom. The molecule has 9 heteroatoms. The van der Waals surface area contributed by atoms with Gasteiger partial charge in [0, 0.05) is 0 Å². The number of unbranched alkanes of at least 4 members (excludes halogenated alkanes) is 1. The van der Waals surface area contributed by atoms with E-state index < -0.39 is 33.7 Å². The van der Waals surface area contributed by atoms with Crippen LogP contribution in [-0.4, -0.2) is 41.9 Å². The topological polar surface area (TPSA) is 118 Å². The molecule has 7 nitrogen and oxygen atoms in total. The summed E-state index contributed by atoms with van der Waals surface area (Å²) in [5.41, 5.74) is 0. The molecule has 0 aromatic heterocycles. The van der Waals surface area contributed by atoms with Gasteiger partial charge in [-0.3, -0.25) is 14.1 Å². The summed E-state index contributed by atoms with van der Waals surface area (Å²) in [6.45, 7) is 1.84. The third kappa shape index (κ3) is 9.11. The Kier molecular flexibility index (Phi) is 11.0. The van der Waals surface area contributed by atoms with Crippen LogP contribution >= 0.6 is 0 Å². The minimum Gasteiger partial charge on any atom is -1.00 e. The smallest absolute Gasteiger partial charge is 1.00 e. The molecular weight excluding hydrogens is 279 g/mol. The number of carbonyl (C=O) groups is 2. The first-order valence-corrected chi connectivity index (χ1v) is 6.14. The van der Waals surface area contributed by atoms with Crippen LogP contribution < -0.4 is 51.4 Å². The number of rotatable bonds is 7.